The fourth-order valence-electron chi connectivity index (χ4n) is 3.71. The third-order valence-electron chi connectivity index (χ3n) is 5.41. The molecule has 0 saturated carbocycles. The molecule has 0 N–H and O–H groups in total. The van der Waals surface area contributed by atoms with Crippen molar-refractivity contribution in [2.75, 3.05) is 0 Å². The molecule has 3 rings (SSSR count). The zero-order chi connectivity index (χ0) is 19.1. The zero-order valence-corrected chi connectivity index (χ0v) is 17.0. The lowest BCUT2D eigenvalue weighted by atomic mass is 10.00. The summed E-state index contributed by atoms with van der Waals surface area (Å²) in [6.07, 6.45) is 10.2. The Labute approximate surface area is 164 Å². The van der Waals surface area contributed by atoms with Crippen LogP contribution in [-0.2, 0) is 13.5 Å². The summed E-state index contributed by atoms with van der Waals surface area (Å²) in [4.78, 5) is 0. The molecule has 1 aromatic heterocycles. The van der Waals surface area contributed by atoms with E-state index in [4.69, 9.17) is 0 Å². The van der Waals surface area contributed by atoms with Gasteiger partial charge in [0.1, 0.15) is 7.05 Å². The van der Waals surface area contributed by atoms with Crippen LogP contribution in [0.3, 0.4) is 0 Å². The zero-order valence-electron chi connectivity index (χ0n) is 17.0. The second kappa shape index (κ2) is 9.50. The molecular weight excluding hydrogens is 326 g/mol. The highest BCUT2D eigenvalue weighted by Gasteiger charge is 2.13. The van der Waals surface area contributed by atoms with E-state index in [9.17, 15) is 0 Å². The SMILES string of the molecule is CCCCCCCc1ccc(-c2ccc(-c3ccccc3C)[n+](C)c2)cc1. The van der Waals surface area contributed by atoms with Crippen LogP contribution in [0.4, 0.5) is 0 Å². The molecule has 140 valence electrons. The first-order valence-electron chi connectivity index (χ1n) is 10.3. The van der Waals surface area contributed by atoms with E-state index in [1.807, 2.05) is 0 Å². The van der Waals surface area contributed by atoms with Gasteiger partial charge in [-0.15, -0.1) is 0 Å². The fraction of sp³-hybridized carbons (Fsp3) is 0.346. The number of unbranched alkanes of at least 4 members (excludes halogenated alkanes) is 4. The summed E-state index contributed by atoms with van der Waals surface area (Å²) in [6.45, 7) is 4.44. The molecule has 0 radical (unpaired) electrons. The van der Waals surface area contributed by atoms with E-state index in [1.54, 1.807) is 0 Å². The first-order chi connectivity index (χ1) is 13.2. The Bertz CT molecular complexity index is 862. The van der Waals surface area contributed by atoms with E-state index < -0.39 is 0 Å². The summed E-state index contributed by atoms with van der Waals surface area (Å²) in [7, 11) is 2.13. The predicted molar refractivity (Wildman–Crippen MR) is 116 cm³/mol. The van der Waals surface area contributed by atoms with Crippen LogP contribution >= 0.6 is 0 Å². The van der Waals surface area contributed by atoms with Crippen LogP contribution in [0, 0.1) is 6.92 Å². The molecular formula is C26H32N+. The van der Waals surface area contributed by atoms with Gasteiger partial charge in [-0.25, -0.2) is 4.57 Å². The minimum Gasteiger partial charge on any atom is -0.200 e. The van der Waals surface area contributed by atoms with Gasteiger partial charge in [-0.2, -0.15) is 0 Å². The first-order valence-corrected chi connectivity index (χ1v) is 10.3. The molecule has 0 spiro atoms. The van der Waals surface area contributed by atoms with Gasteiger partial charge in [-0.1, -0.05) is 75.1 Å². The molecule has 2 aromatic carbocycles. The van der Waals surface area contributed by atoms with Crippen molar-refractivity contribution >= 4 is 0 Å². The van der Waals surface area contributed by atoms with Gasteiger partial charge in [0.05, 0.1) is 0 Å². The Morgan fingerprint density at radius 2 is 1.44 bits per heavy atom. The highest BCUT2D eigenvalue weighted by molar-refractivity contribution is 5.66. The van der Waals surface area contributed by atoms with Crippen LogP contribution in [0.2, 0.25) is 0 Å². The van der Waals surface area contributed by atoms with Gasteiger partial charge < -0.3 is 0 Å². The molecule has 0 bridgehead atoms. The van der Waals surface area contributed by atoms with Crippen LogP contribution in [0.5, 0.6) is 0 Å². The Morgan fingerprint density at radius 3 is 2.15 bits per heavy atom. The van der Waals surface area contributed by atoms with E-state index in [0.29, 0.717) is 0 Å². The molecule has 0 amide bonds. The third-order valence-corrected chi connectivity index (χ3v) is 5.41. The van der Waals surface area contributed by atoms with Crippen molar-refractivity contribution < 1.29 is 4.57 Å². The van der Waals surface area contributed by atoms with Gasteiger partial charge in [-0.05, 0) is 48.6 Å². The van der Waals surface area contributed by atoms with E-state index in [-0.39, 0.29) is 0 Å². The summed E-state index contributed by atoms with van der Waals surface area (Å²) < 4.78 is 2.24. The van der Waals surface area contributed by atoms with Crippen LogP contribution in [0.25, 0.3) is 22.4 Å². The Balaban J connectivity index is 1.70. The van der Waals surface area contributed by atoms with Crippen molar-refractivity contribution in [2.45, 2.75) is 52.4 Å². The normalized spacial score (nSPS) is 10.9. The maximum atomic E-state index is 2.30. The van der Waals surface area contributed by atoms with Crippen molar-refractivity contribution in [3.8, 4) is 22.4 Å². The molecule has 1 nitrogen and oxygen atoms in total. The summed E-state index contributed by atoms with van der Waals surface area (Å²) >= 11 is 0. The van der Waals surface area contributed by atoms with E-state index in [2.05, 4.69) is 92.3 Å². The molecule has 1 heterocycles. The Kier molecular flexibility index (Phi) is 6.81. The standard InChI is InChI=1S/C26H32N/c1-4-5-6-7-8-12-22-14-16-23(17-15-22)24-18-19-26(27(3)20-24)25-13-10-9-11-21(25)2/h9-11,13-20H,4-8,12H2,1-3H3/q+1. The molecule has 0 atom stereocenters. The van der Waals surface area contributed by atoms with Gasteiger partial charge in [-0.3, -0.25) is 0 Å². The minimum atomic E-state index is 1.20. The minimum absolute atomic E-state index is 1.20. The molecule has 3 aromatic rings. The number of benzene rings is 2. The van der Waals surface area contributed by atoms with Crippen molar-refractivity contribution in [2.24, 2.45) is 7.05 Å². The molecule has 0 unspecified atom stereocenters. The predicted octanol–water partition coefficient (Wildman–Crippen LogP) is 6.67. The lowest BCUT2D eigenvalue weighted by Gasteiger charge is -2.07. The van der Waals surface area contributed by atoms with Crippen LogP contribution < -0.4 is 4.57 Å². The number of pyridine rings is 1. The van der Waals surface area contributed by atoms with Crippen LogP contribution in [-0.4, -0.2) is 0 Å². The molecule has 0 aliphatic carbocycles. The summed E-state index contributed by atoms with van der Waals surface area (Å²) in [5, 5.41) is 0. The summed E-state index contributed by atoms with van der Waals surface area (Å²) in [6, 6.07) is 22.2. The summed E-state index contributed by atoms with van der Waals surface area (Å²) in [5.74, 6) is 0. The smallest absolute Gasteiger partial charge is 0.200 e. The topological polar surface area (TPSA) is 3.88 Å². The van der Waals surface area contributed by atoms with E-state index in [1.165, 1.54) is 72.0 Å². The molecule has 1 heteroatoms. The van der Waals surface area contributed by atoms with Gasteiger partial charge >= 0.3 is 0 Å². The maximum Gasteiger partial charge on any atom is 0.212 e. The number of rotatable bonds is 8. The summed E-state index contributed by atoms with van der Waals surface area (Å²) in [5.41, 5.74) is 7.87. The second-order valence-corrected chi connectivity index (χ2v) is 7.59. The molecule has 0 aliphatic heterocycles. The van der Waals surface area contributed by atoms with Crippen LogP contribution in [0.1, 0.15) is 50.2 Å². The van der Waals surface area contributed by atoms with E-state index >= 15 is 0 Å². The highest BCUT2D eigenvalue weighted by atomic mass is 14.9. The lowest BCUT2D eigenvalue weighted by molar-refractivity contribution is -0.659. The maximum absolute atomic E-state index is 2.30. The molecule has 0 aliphatic rings. The van der Waals surface area contributed by atoms with Crippen LogP contribution in [0.15, 0.2) is 66.9 Å². The van der Waals surface area contributed by atoms with Gasteiger partial charge in [0.25, 0.3) is 0 Å². The second-order valence-electron chi connectivity index (χ2n) is 7.59. The molecule has 0 fully saturated rings. The average molecular weight is 359 g/mol. The quantitative estimate of drug-likeness (QED) is 0.313. The molecule has 27 heavy (non-hydrogen) atoms. The van der Waals surface area contributed by atoms with Crippen molar-refractivity contribution in [3.63, 3.8) is 0 Å². The van der Waals surface area contributed by atoms with Gasteiger partial charge in [0.2, 0.25) is 5.69 Å². The Hall–Kier alpha value is -2.41. The van der Waals surface area contributed by atoms with E-state index in [0.717, 1.165) is 0 Å². The monoisotopic (exact) mass is 358 g/mol. The lowest BCUT2D eigenvalue weighted by Crippen LogP contribution is -2.30. The fourth-order valence-corrected chi connectivity index (χ4v) is 3.71. The van der Waals surface area contributed by atoms with Crippen molar-refractivity contribution in [3.05, 3.63) is 78.0 Å². The number of aromatic nitrogens is 1. The van der Waals surface area contributed by atoms with Gasteiger partial charge in [0, 0.05) is 17.2 Å². The Morgan fingerprint density at radius 1 is 0.741 bits per heavy atom. The average Bonchev–Trinajstić information content (AvgIpc) is 2.69. The number of hydrogen-bond acceptors (Lipinski definition) is 0. The number of nitrogens with zero attached hydrogens (tertiary/aromatic N) is 1. The number of hydrogen-bond donors (Lipinski definition) is 0. The first kappa shape index (κ1) is 19.4. The van der Waals surface area contributed by atoms with Crippen molar-refractivity contribution in [1.29, 1.82) is 0 Å². The number of aryl methyl sites for hydroxylation is 3. The highest BCUT2D eigenvalue weighted by Crippen LogP contribution is 2.24. The largest absolute Gasteiger partial charge is 0.212 e. The van der Waals surface area contributed by atoms with Gasteiger partial charge in [0.15, 0.2) is 6.20 Å². The molecule has 0 saturated heterocycles. The third kappa shape index (κ3) is 5.07. The van der Waals surface area contributed by atoms with Crippen molar-refractivity contribution in [1.82, 2.24) is 0 Å².